The van der Waals surface area contributed by atoms with Gasteiger partial charge in [0.25, 0.3) is 0 Å². The number of nitrogens with zero attached hydrogens (tertiary/aromatic N) is 6. The third-order valence-electron chi connectivity index (χ3n) is 25.7. The van der Waals surface area contributed by atoms with Gasteiger partial charge in [-0.1, -0.05) is 280 Å². The molecule has 9 heterocycles. The fourth-order valence-corrected chi connectivity index (χ4v) is 18.0. The summed E-state index contributed by atoms with van der Waals surface area (Å²) in [5.74, 6) is -1.31. The molecular formula is C125H112Ir3N6O3-6. The van der Waals surface area contributed by atoms with E-state index in [0.29, 0.717) is 44.5 Å². The van der Waals surface area contributed by atoms with Gasteiger partial charge in [-0.3, -0.25) is 0 Å². The third-order valence-corrected chi connectivity index (χ3v) is 25.7. The van der Waals surface area contributed by atoms with Gasteiger partial charge in [-0.05, 0) is 205 Å². The van der Waals surface area contributed by atoms with Crippen LogP contribution < -0.4 is 0 Å². The molecule has 3 radical (unpaired) electrons. The second-order valence-corrected chi connectivity index (χ2v) is 36.0. The molecule has 0 unspecified atom stereocenters. The van der Waals surface area contributed by atoms with E-state index in [2.05, 4.69) is 185 Å². The van der Waals surface area contributed by atoms with Crippen molar-refractivity contribution in [2.24, 2.45) is 16.7 Å². The summed E-state index contributed by atoms with van der Waals surface area (Å²) in [6.07, 6.45) is 18.2. The summed E-state index contributed by atoms with van der Waals surface area (Å²) >= 11 is 0. The van der Waals surface area contributed by atoms with Gasteiger partial charge in [0.1, 0.15) is 16.7 Å². The first-order chi connectivity index (χ1) is 75.2. The average Bonchev–Trinajstić information content (AvgIpc) is 1.61. The standard InChI is InChI=1S/2C29H26NO.C28H24NO.C14H14N.C13H12N.C12H10N.3Ir/c2*1-29(2)15-12-19(13-16-29)21-14-17-30-26(18-21)25-9-5-8-23-24-11-10-20-6-3-4-7-22(20)27(24)31-28(23)25;1-18-17-29-26(16-21(18)15-19-7-2-3-8-19)25-12-6-11-23-24-14-13-20-9-4-5-10-22(20)27(24)30-28(23)25;1-10-4-6-13(7-5-10)14-8-11(2)12(3)9-15-14;1-10-3-6-12(7-4-10)13-8-5-11(2)9-14-13;1-10-7-8-12(13-9-10)11-5-3-2-4-6-11;;;/h2*3-8,10-11,14,17-19H,12-13,15-16H2,1-2H3;4-6,9-11,13-14,16-17,19H,2-3,7-8,15H2,1H3;4-6,8-9H,1-3H3;3-6,8-9H,1-2H3;2-5,7-9H,1H3;;;/q6*-1;;;/i2*19D;1D3,15D2;1D3,2D3,3D3;1D3,2D3;1D3;;;. The van der Waals surface area contributed by atoms with Crippen LogP contribution in [0.2, 0.25) is 0 Å². The number of benzene rings is 12. The van der Waals surface area contributed by atoms with Crippen molar-refractivity contribution in [1.82, 2.24) is 29.9 Å². The molecule has 137 heavy (non-hydrogen) atoms. The van der Waals surface area contributed by atoms with Gasteiger partial charge in [-0.15, -0.1) is 161 Å². The Morgan fingerprint density at radius 3 is 1.12 bits per heavy atom. The van der Waals surface area contributed by atoms with E-state index in [-0.39, 0.29) is 116 Å². The van der Waals surface area contributed by atoms with Gasteiger partial charge in [-0.25, -0.2) is 0 Å². The second-order valence-electron chi connectivity index (χ2n) is 36.0. The fraction of sp³-hybridized carbons (Fsp3) is 0.232. The number of pyridine rings is 6. The maximum Gasteiger partial charge on any atom is 0.128 e. The van der Waals surface area contributed by atoms with Gasteiger partial charge in [-0.2, -0.15) is 0 Å². The topological polar surface area (TPSA) is 117 Å². The first kappa shape index (κ1) is 70.3. The van der Waals surface area contributed by atoms with Gasteiger partial charge in [0.05, 0.1) is 16.7 Å². The van der Waals surface area contributed by atoms with Crippen LogP contribution in [0, 0.1) is 101 Å². The van der Waals surface area contributed by atoms with E-state index < -0.39 is 66.1 Å². The molecule has 0 spiro atoms. The number of fused-ring (bicyclic) bond motifs is 15. The van der Waals surface area contributed by atoms with Crippen molar-refractivity contribution in [2.45, 2.75) is 171 Å². The maximum atomic E-state index is 9.18. The summed E-state index contributed by atoms with van der Waals surface area (Å²) in [4.78, 5) is 26.0. The average molecular weight is 2350 g/mol. The number of hydrogen-bond donors (Lipinski definition) is 0. The van der Waals surface area contributed by atoms with Crippen LogP contribution in [0.15, 0.2) is 317 Å². The minimum atomic E-state index is -2.61. The van der Waals surface area contributed by atoms with Crippen LogP contribution >= 0.6 is 0 Å². The summed E-state index contributed by atoms with van der Waals surface area (Å²) < 4.78 is 212. The zero-order valence-electron chi connectivity index (χ0n) is 101. The van der Waals surface area contributed by atoms with Gasteiger partial charge in [0.2, 0.25) is 0 Å². The van der Waals surface area contributed by atoms with Crippen molar-refractivity contribution in [3.05, 3.63) is 396 Å². The Morgan fingerprint density at radius 1 is 0.321 bits per heavy atom. The zero-order valence-corrected chi connectivity index (χ0v) is 83.0. The van der Waals surface area contributed by atoms with Gasteiger partial charge < -0.3 is 43.2 Å². The molecule has 3 fully saturated rings. The first-order valence-corrected chi connectivity index (χ1v) is 45.3. The predicted octanol–water partition coefficient (Wildman–Crippen LogP) is 33.7. The molecule has 0 bridgehead atoms. The van der Waals surface area contributed by atoms with Crippen LogP contribution in [0.4, 0.5) is 0 Å². The molecule has 9 nitrogen and oxygen atoms in total. The van der Waals surface area contributed by atoms with Crippen molar-refractivity contribution in [1.29, 1.82) is 0 Å². The molecule has 693 valence electrons. The Balaban J connectivity index is 0.000000138. The molecule has 0 N–H and O–H groups in total. The molecular weight excluding hydrogens is 2210 g/mol. The third kappa shape index (κ3) is 22.3. The predicted molar refractivity (Wildman–Crippen MR) is 554 cm³/mol. The fourth-order valence-electron chi connectivity index (χ4n) is 18.0. The van der Waals surface area contributed by atoms with Crippen molar-refractivity contribution in [3.8, 4) is 67.5 Å². The molecule has 0 saturated heterocycles. The molecule has 3 aliphatic carbocycles. The SMILES string of the molecule is [2H]C([2H])([2H])c1c[c-]c(-c2cc(C([2H])([2H])[2H])c(C([2H])([2H])[2H])cn2)cc1.[2H]C([2H])([2H])c1c[c-]c(-c2ccc(C([2H])([2H])[2H])cn2)cc1.[2H]C([2H])([2H])c1ccc(-c2[c-]cccc2)nc1.[2H]C([2H])([2H])c1cnc(-c2[c-]ccc3c2oc2c4ccccc4ccc32)cc1C([2H])([2H])C1CCCC1.[2H]C1(c2ccnc(-c3[c-]ccc4c3oc3c5ccccc5ccc43)c2)CCC(C)(C)CC1.[2H]C1(c2ccnc(-c3[c-]ccc4c3oc3c5ccccc5ccc43)c2)CCC(C)(C)CC1.[Ir].[Ir].[Ir]. The summed E-state index contributed by atoms with van der Waals surface area (Å²) in [7, 11) is 0. The number of hydrogen-bond acceptors (Lipinski definition) is 9. The number of rotatable bonds is 10. The van der Waals surface area contributed by atoms with Gasteiger partial charge in [0.15, 0.2) is 0 Å². The molecule has 12 aromatic carbocycles. The number of aryl methyl sites for hydroxylation is 7. The molecule has 9 aromatic heterocycles. The van der Waals surface area contributed by atoms with Crippen molar-refractivity contribution < 1.29 is 108 Å². The first-order valence-electron chi connectivity index (χ1n) is 57.8. The van der Waals surface area contributed by atoms with E-state index in [1.165, 1.54) is 71.8 Å². The monoisotopic (exact) mass is 2350 g/mol. The van der Waals surface area contributed by atoms with Crippen molar-refractivity contribution >= 4 is 98.1 Å². The van der Waals surface area contributed by atoms with Gasteiger partial charge in [0, 0.05) is 164 Å². The van der Waals surface area contributed by atoms with E-state index in [1.54, 1.807) is 36.4 Å². The maximum absolute atomic E-state index is 9.18. The molecule has 12 heteroatoms. The molecule has 0 amide bonds. The summed E-state index contributed by atoms with van der Waals surface area (Å²) in [5.41, 5.74) is 15.6. The van der Waals surface area contributed by atoms with Crippen LogP contribution in [-0.2, 0) is 66.7 Å². The molecule has 21 aromatic rings. The van der Waals surface area contributed by atoms with Crippen molar-refractivity contribution in [3.63, 3.8) is 0 Å². The minimum Gasteiger partial charge on any atom is -0.500 e. The second kappa shape index (κ2) is 43.6. The molecule has 3 aliphatic rings. The largest absolute Gasteiger partial charge is 0.500 e. The Morgan fingerprint density at radius 2 is 0.715 bits per heavy atom. The number of aromatic nitrogens is 6. The van der Waals surface area contributed by atoms with E-state index in [0.717, 1.165) is 210 Å². The summed E-state index contributed by atoms with van der Waals surface area (Å²) in [5, 5.41) is 12.9. The summed E-state index contributed by atoms with van der Waals surface area (Å²) in [6.45, 7) is -7.11. The zero-order chi connectivity index (χ0) is 113. The van der Waals surface area contributed by atoms with E-state index >= 15 is 0 Å². The molecule has 0 aliphatic heterocycles. The van der Waals surface area contributed by atoms with E-state index in [1.807, 2.05) is 109 Å². The quantitative estimate of drug-likeness (QED) is 0.123. The minimum absolute atomic E-state index is 0. The Bertz CT molecular complexity index is 8590. The van der Waals surface area contributed by atoms with Crippen LogP contribution in [0.25, 0.3) is 166 Å². The Kier molecular flexibility index (Phi) is 22.4. The van der Waals surface area contributed by atoms with Crippen LogP contribution in [0.5, 0.6) is 0 Å². The normalized spacial score (nSPS) is 18.0. The van der Waals surface area contributed by atoms with E-state index in [9.17, 15) is 2.74 Å². The van der Waals surface area contributed by atoms with Crippen LogP contribution in [-0.4, -0.2) is 29.9 Å². The molecule has 0 atom stereocenters. The molecule has 3 saturated carbocycles. The Hall–Kier alpha value is -12.3. The van der Waals surface area contributed by atoms with Gasteiger partial charge >= 0.3 is 0 Å². The van der Waals surface area contributed by atoms with Crippen molar-refractivity contribution in [2.75, 3.05) is 0 Å². The summed E-state index contributed by atoms with van der Waals surface area (Å²) in [6, 6.07) is 101. The molecule has 24 rings (SSSR count). The van der Waals surface area contributed by atoms with Crippen LogP contribution in [0.1, 0.15) is 206 Å². The smallest absolute Gasteiger partial charge is 0.128 e. The van der Waals surface area contributed by atoms with Crippen LogP contribution in [0.3, 0.4) is 0 Å². The Labute approximate surface area is 881 Å². The number of furan rings is 3. The van der Waals surface area contributed by atoms with E-state index in [4.69, 9.17) is 44.8 Å².